The highest BCUT2D eigenvalue weighted by Crippen LogP contribution is 2.20. The number of halogens is 1. The normalized spacial score (nSPS) is 20.6. The molecule has 0 aromatic heterocycles. The number of benzene rings is 1. The number of rotatable bonds is 6. The average molecular weight is 281 g/mol. The van der Waals surface area contributed by atoms with E-state index in [4.69, 9.17) is 15.2 Å². The third-order valence-corrected chi connectivity index (χ3v) is 3.66. The van der Waals surface area contributed by atoms with E-state index in [-0.39, 0.29) is 18.0 Å². The first kappa shape index (κ1) is 15.3. The van der Waals surface area contributed by atoms with Gasteiger partial charge in [0.05, 0.1) is 6.10 Å². The zero-order valence-corrected chi connectivity index (χ0v) is 12.1. The maximum Gasteiger partial charge on any atom is 0.127 e. The molecule has 0 bridgehead atoms. The molecule has 3 nitrogen and oxygen atoms in total. The fraction of sp³-hybridized carbons (Fsp3) is 0.625. The molecule has 0 saturated carbocycles. The van der Waals surface area contributed by atoms with E-state index in [1.165, 1.54) is 18.6 Å². The molecule has 0 radical (unpaired) electrons. The summed E-state index contributed by atoms with van der Waals surface area (Å²) in [5.41, 5.74) is 6.80. The van der Waals surface area contributed by atoms with Crippen LogP contribution in [0.15, 0.2) is 18.2 Å². The zero-order valence-electron chi connectivity index (χ0n) is 12.1. The summed E-state index contributed by atoms with van der Waals surface area (Å²) in [7, 11) is 0. The van der Waals surface area contributed by atoms with Gasteiger partial charge in [0, 0.05) is 18.7 Å². The summed E-state index contributed by atoms with van der Waals surface area (Å²) in [6.07, 6.45) is 4.99. The molecular weight excluding hydrogens is 257 g/mol. The molecule has 0 aliphatic carbocycles. The molecule has 0 amide bonds. The highest BCUT2D eigenvalue weighted by Gasteiger charge is 2.15. The first-order valence-corrected chi connectivity index (χ1v) is 7.47. The summed E-state index contributed by atoms with van der Waals surface area (Å²) >= 11 is 0. The van der Waals surface area contributed by atoms with Crippen LogP contribution in [-0.2, 0) is 11.2 Å². The third-order valence-electron chi connectivity index (χ3n) is 3.66. The van der Waals surface area contributed by atoms with Crippen LogP contribution < -0.4 is 10.5 Å². The van der Waals surface area contributed by atoms with Gasteiger partial charge in [-0.1, -0.05) is 6.92 Å². The van der Waals surface area contributed by atoms with Crippen molar-refractivity contribution < 1.29 is 13.9 Å². The van der Waals surface area contributed by atoms with Crippen LogP contribution in [0.2, 0.25) is 0 Å². The molecule has 1 aromatic carbocycles. The number of ether oxygens (including phenoxy) is 2. The lowest BCUT2D eigenvalue weighted by Crippen LogP contribution is -2.26. The lowest BCUT2D eigenvalue weighted by Gasteiger charge is -2.22. The van der Waals surface area contributed by atoms with E-state index >= 15 is 0 Å². The van der Waals surface area contributed by atoms with Gasteiger partial charge < -0.3 is 15.2 Å². The van der Waals surface area contributed by atoms with Crippen LogP contribution in [0.5, 0.6) is 5.75 Å². The number of hydrogen-bond donors (Lipinski definition) is 1. The smallest absolute Gasteiger partial charge is 0.127 e. The van der Waals surface area contributed by atoms with E-state index in [9.17, 15) is 4.39 Å². The predicted octanol–water partition coefficient (Wildman–Crippen LogP) is 3.05. The average Bonchev–Trinajstić information content (AvgIpc) is 2.45. The Morgan fingerprint density at radius 3 is 2.95 bits per heavy atom. The molecule has 1 fully saturated rings. The maximum atomic E-state index is 13.6. The van der Waals surface area contributed by atoms with Crippen LogP contribution in [0.25, 0.3) is 0 Å². The van der Waals surface area contributed by atoms with Gasteiger partial charge in [0.1, 0.15) is 18.2 Å². The molecular formula is C16H24FNO2. The minimum absolute atomic E-state index is 0.0614. The molecule has 0 spiro atoms. The standard InChI is InChI=1S/C16H24FNO2/c1-2-14(18)8-12-7-13(17)10-16(9-12)20-11-15-5-3-4-6-19-15/h7,9-10,14-15H,2-6,8,11,18H2,1H3. The fourth-order valence-electron chi connectivity index (χ4n) is 2.40. The van der Waals surface area contributed by atoms with Gasteiger partial charge in [0.2, 0.25) is 0 Å². The first-order valence-electron chi connectivity index (χ1n) is 7.47. The van der Waals surface area contributed by atoms with Gasteiger partial charge in [0.15, 0.2) is 0 Å². The van der Waals surface area contributed by atoms with Crippen molar-refractivity contribution in [3.05, 3.63) is 29.6 Å². The molecule has 2 unspecified atom stereocenters. The summed E-state index contributed by atoms with van der Waals surface area (Å²) in [5.74, 6) is 0.294. The van der Waals surface area contributed by atoms with E-state index in [1.54, 1.807) is 0 Å². The van der Waals surface area contributed by atoms with E-state index in [2.05, 4.69) is 0 Å². The van der Waals surface area contributed by atoms with Crippen molar-refractivity contribution in [3.63, 3.8) is 0 Å². The quantitative estimate of drug-likeness (QED) is 0.871. The highest BCUT2D eigenvalue weighted by molar-refractivity contribution is 5.30. The first-order chi connectivity index (χ1) is 9.67. The molecule has 1 saturated heterocycles. The third kappa shape index (κ3) is 4.76. The van der Waals surface area contributed by atoms with Gasteiger partial charge in [-0.25, -0.2) is 4.39 Å². The molecule has 1 aliphatic heterocycles. The van der Waals surface area contributed by atoms with Crippen molar-refractivity contribution in [3.8, 4) is 5.75 Å². The van der Waals surface area contributed by atoms with E-state index in [0.717, 1.165) is 31.4 Å². The van der Waals surface area contributed by atoms with Crippen molar-refractivity contribution >= 4 is 0 Å². The van der Waals surface area contributed by atoms with E-state index < -0.39 is 0 Å². The summed E-state index contributed by atoms with van der Waals surface area (Å²) in [4.78, 5) is 0. The van der Waals surface area contributed by atoms with Crippen molar-refractivity contribution in [1.82, 2.24) is 0 Å². The van der Waals surface area contributed by atoms with Crippen LogP contribution in [-0.4, -0.2) is 25.4 Å². The second-order valence-electron chi connectivity index (χ2n) is 5.47. The van der Waals surface area contributed by atoms with E-state index in [1.807, 2.05) is 13.0 Å². The Morgan fingerprint density at radius 1 is 1.40 bits per heavy atom. The Morgan fingerprint density at radius 2 is 2.25 bits per heavy atom. The van der Waals surface area contributed by atoms with Gasteiger partial charge in [-0.3, -0.25) is 0 Å². The SMILES string of the molecule is CCC(N)Cc1cc(F)cc(OCC2CCCCO2)c1. The van der Waals surface area contributed by atoms with Crippen LogP contribution >= 0.6 is 0 Å². The summed E-state index contributed by atoms with van der Waals surface area (Å²) in [6.45, 7) is 3.32. The molecule has 2 rings (SSSR count). The molecule has 2 N–H and O–H groups in total. The van der Waals surface area contributed by atoms with Crippen molar-refractivity contribution in [1.29, 1.82) is 0 Å². The van der Waals surface area contributed by atoms with Gasteiger partial charge >= 0.3 is 0 Å². The Hall–Kier alpha value is -1.13. The predicted molar refractivity (Wildman–Crippen MR) is 77.5 cm³/mol. The molecule has 20 heavy (non-hydrogen) atoms. The fourth-order valence-corrected chi connectivity index (χ4v) is 2.40. The van der Waals surface area contributed by atoms with Gasteiger partial charge in [0.25, 0.3) is 0 Å². The highest BCUT2D eigenvalue weighted by atomic mass is 19.1. The number of nitrogens with two attached hydrogens (primary N) is 1. The molecule has 4 heteroatoms. The van der Waals surface area contributed by atoms with Crippen LogP contribution in [0.3, 0.4) is 0 Å². The zero-order chi connectivity index (χ0) is 14.4. The summed E-state index contributed by atoms with van der Waals surface area (Å²) in [5, 5.41) is 0. The summed E-state index contributed by atoms with van der Waals surface area (Å²) < 4.78 is 24.9. The van der Waals surface area contributed by atoms with E-state index in [0.29, 0.717) is 18.8 Å². The van der Waals surface area contributed by atoms with Gasteiger partial charge in [-0.15, -0.1) is 0 Å². The Balaban J connectivity index is 1.92. The largest absolute Gasteiger partial charge is 0.491 e. The maximum absolute atomic E-state index is 13.6. The lowest BCUT2D eigenvalue weighted by atomic mass is 10.0. The van der Waals surface area contributed by atoms with Crippen molar-refractivity contribution in [2.24, 2.45) is 5.73 Å². The Labute approximate surface area is 120 Å². The molecule has 1 aromatic rings. The minimum atomic E-state index is -0.273. The molecule has 112 valence electrons. The summed E-state index contributed by atoms with van der Waals surface area (Å²) in [6, 6.07) is 4.89. The van der Waals surface area contributed by atoms with Crippen molar-refractivity contribution in [2.75, 3.05) is 13.2 Å². The Kier molecular flexibility index (Phi) is 5.80. The van der Waals surface area contributed by atoms with Crippen molar-refractivity contribution in [2.45, 2.75) is 51.2 Å². The second-order valence-corrected chi connectivity index (χ2v) is 5.47. The minimum Gasteiger partial charge on any atom is -0.491 e. The monoisotopic (exact) mass is 281 g/mol. The van der Waals surface area contributed by atoms with Crippen LogP contribution in [0.4, 0.5) is 4.39 Å². The van der Waals surface area contributed by atoms with Crippen LogP contribution in [0.1, 0.15) is 38.2 Å². The van der Waals surface area contributed by atoms with Gasteiger partial charge in [-0.2, -0.15) is 0 Å². The lowest BCUT2D eigenvalue weighted by molar-refractivity contribution is -0.0111. The van der Waals surface area contributed by atoms with Gasteiger partial charge in [-0.05, 0) is 49.8 Å². The Bertz CT molecular complexity index is 419. The second kappa shape index (κ2) is 7.60. The van der Waals surface area contributed by atoms with Crippen LogP contribution in [0, 0.1) is 5.82 Å². The molecule has 1 heterocycles. The topological polar surface area (TPSA) is 44.5 Å². The number of hydrogen-bond acceptors (Lipinski definition) is 3. The molecule has 2 atom stereocenters. The molecule has 1 aliphatic rings.